The van der Waals surface area contributed by atoms with E-state index < -0.39 is 0 Å². The van der Waals surface area contributed by atoms with Crippen LogP contribution in [0.2, 0.25) is 0 Å². The Morgan fingerprint density at radius 2 is 2.40 bits per heavy atom. The van der Waals surface area contributed by atoms with Gasteiger partial charge in [-0.05, 0) is 47.9 Å². The van der Waals surface area contributed by atoms with Crippen LogP contribution in [0.3, 0.4) is 0 Å². The number of hydrogen-bond donors (Lipinski definition) is 0. The number of piperidine rings is 1. The van der Waals surface area contributed by atoms with E-state index in [0.29, 0.717) is 6.04 Å². The maximum atomic E-state index is 4.31. The summed E-state index contributed by atoms with van der Waals surface area (Å²) in [5.41, 5.74) is 1.35. The minimum Gasteiger partial charge on any atom is -0.297 e. The van der Waals surface area contributed by atoms with Gasteiger partial charge in [-0.15, -0.1) is 0 Å². The Morgan fingerprint density at radius 3 is 3.13 bits per heavy atom. The summed E-state index contributed by atoms with van der Waals surface area (Å²) in [7, 11) is 0. The van der Waals surface area contributed by atoms with E-state index in [9.17, 15) is 0 Å². The van der Waals surface area contributed by atoms with E-state index in [1.54, 1.807) is 0 Å². The highest BCUT2D eigenvalue weighted by molar-refractivity contribution is 9.10. The number of nitrogens with zero attached hydrogens (tertiary/aromatic N) is 2. The smallest absolute Gasteiger partial charge is 0.110 e. The Kier molecular flexibility index (Phi) is 3.76. The lowest BCUT2D eigenvalue weighted by molar-refractivity contribution is 0.156. The average molecular weight is 269 g/mol. The molecule has 15 heavy (non-hydrogen) atoms. The second kappa shape index (κ2) is 5.08. The van der Waals surface area contributed by atoms with Crippen molar-refractivity contribution in [2.75, 3.05) is 13.1 Å². The lowest BCUT2D eigenvalue weighted by atomic mass is 9.96. The second-order valence-corrected chi connectivity index (χ2v) is 4.77. The number of halogens is 1. The zero-order valence-electron chi connectivity index (χ0n) is 9.12. The highest BCUT2D eigenvalue weighted by atomic mass is 79.9. The molecule has 1 aromatic rings. The first-order chi connectivity index (χ1) is 7.33. The van der Waals surface area contributed by atoms with Gasteiger partial charge in [0, 0.05) is 17.8 Å². The summed E-state index contributed by atoms with van der Waals surface area (Å²) in [6.45, 7) is 4.59. The molecule has 0 saturated carbocycles. The molecule has 1 aliphatic heterocycles. The molecular formula is C12H17BrN2. The van der Waals surface area contributed by atoms with Crippen molar-refractivity contribution >= 4 is 15.9 Å². The van der Waals surface area contributed by atoms with Crippen molar-refractivity contribution in [1.29, 1.82) is 0 Å². The van der Waals surface area contributed by atoms with Crippen molar-refractivity contribution in [2.45, 2.75) is 32.2 Å². The molecule has 0 radical (unpaired) electrons. The molecule has 1 fully saturated rings. The molecule has 0 bridgehead atoms. The fourth-order valence-electron chi connectivity index (χ4n) is 2.37. The molecule has 3 heteroatoms. The Labute approximate surface area is 99.8 Å². The van der Waals surface area contributed by atoms with E-state index in [2.05, 4.69) is 38.8 Å². The first-order valence-corrected chi connectivity index (χ1v) is 6.46. The summed E-state index contributed by atoms with van der Waals surface area (Å²) in [5, 5.41) is 0. The van der Waals surface area contributed by atoms with Gasteiger partial charge in [0.15, 0.2) is 0 Å². The monoisotopic (exact) mass is 268 g/mol. The molecule has 2 nitrogen and oxygen atoms in total. The number of likely N-dealkylation sites (tertiary alicyclic amines) is 1. The van der Waals surface area contributed by atoms with Gasteiger partial charge in [-0.2, -0.15) is 0 Å². The van der Waals surface area contributed by atoms with Crippen LogP contribution >= 0.6 is 15.9 Å². The molecule has 0 unspecified atom stereocenters. The van der Waals surface area contributed by atoms with E-state index in [-0.39, 0.29) is 0 Å². The fourth-order valence-corrected chi connectivity index (χ4v) is 2.88. The minimum atomic E-state index is 0.562. The maximum absolute atomic E-state index is 4.31. The zero-order chi connectivity index (χ0) is 10.7. The summed E-state index contributed by atoms with van der Waals surface area (Å²) in [5.74, 6) is 0. The van der Waals surface area contributed by atoms with E-state index >= 15 is 0 Å². The molecule has 1 atom stereocenters. The van der Waals surface area contributed by atoms with Crippen LogP contribution in [0.5, 0.6) is 0 Å². The van der Waals surface area contributed by atoms with Gasteiger partial charge in [0.25, 0.3) is 0 Å². The largest absolute Gasteiger partial charge is 0.297 e. The van der Waals surface area contributed by atoms with Crippen LogP contribution in [0.4, 0.5) is 0 Å². The average Bonchev–Trinajstić information content (AvgIpc) is 2.30. The fraction of sp³-hybridized carbons (Fsp3) is 0.583. The van der Waals surface area contributed by atoms with Gasteiger partial charge in [-0.25, -0.2) is 4.98 Å². The van der Waals surface area contributed by atoms with Crippen LogP contribution in [0.25, 0.3) is 0 Å². The summed E-state index contributed by atoms with van der Waals surface area (Å²) < 4.78 is 1.01. The molecule has 1 aliphatic rings. The molecule has 0 aliphatic carbocycles. The normalized spacial score (nSPS) is 22.9. The van der Waals surface area contributed by atoms with E-state index in [4.69, 9.17) is 0 Å². The molecule has 0 aromatic carbocycles. The maximum Gasteiger partial charge on any atom is 0.110 e. The highest BCUT2D eigenvalue weighted by Crippen LogP contribution is 2.33. The standard InChI is InChI=1S/C12H17BrN2/c1-2-15-9-4-3-7-11(15)10-6-5-8-14-12(10)13/h5-6,8,11H,2-4,7,9H2,1H3/t11-/m0/s1. The van der Waals surface area contributed by atoms with Gasteiger partial charge in [-0.3, -0.25) is 4.90 Å². The highest BCUT2D eigenvalue weighted by Gasteiger charge is 2.24. The van der Waals surface area contributed by atoms with Crippen molar-refractivity contribution in [3.8, 4) is 0 Å². The van der Waals surface area contributed by atoms with Gasteiger partial charge < -0.3 is 0 Å². The van der Waals surface area contributed by atoms with Crippen molar-refractivity contribution in [2.24, 2.45) is 0 Å². The summed E-state index contributed by atoms with van der Waals surface area (Å²) >= 11 is 3.55. The Bertz CT molecular complexity index is 327. The molecule has 0 N–H and O–H groups in total. The van der Waals surface area contributed by atoms with E-state index in [0.717, 1.165) is 11.1 Å². The Hall–Kier alpha value is -0.410. The number of aromatic nitrogens is 1. The lowest BCUT2D eigenvalue weighted by Gasteiger charge is -2.35. The van der Waals surface area contributed by atoms with Crippen molar-refractivity contribution in [1.82, 2.24) is 9.88 Å². The molecular weight excluding hydrogens is 252 g/mol. The van der Waals surface area contributed by atoms with Crippen LogP contribution in [-0.4, -0.2) is 23.0 Å². The third-order valence-corrected chi connectivity index (χ3v) is 3.83. The van der Waals surface area contributed by atoms with Gasteiger partial charge in [-0.1, -0.05) is 19.4 Å². The second-order valence-electron chi connectivity index (χ2n) is 4.02. The van der Waals surface area contributed by atoms with Gasteiger partial charge in [0.1, 0.15) is 4.60 Å². The predicted molar refractivity (Wildman–Crippen MR) is 65.8 cm³/mol. The van der Waals surface area contributed by atoms with Crippen LogP contribution < -0.4 is 0 Å². The van der Waals surface area contributed by atoms with Gasteiger partial charge in [0.05, 0.1) is 0 Å². The number of hydrogen-bond acceptors (Lipinski definition) is 2. The number of rotatable bonds is 2. The first kappa shape index (κ1) is 11.1. The van der Waals surface area contributed by atoms with Gasteiger partial charge in [0.2, 0.25) is 0 Å². The molecule has 82 valence electrons. The first-order valence-electron chi connectivity index (χ1n) is 5.67. The van der Waals surface area contributed by atoms with E-state index in [1.165, 1.54) is 31.4 Å². The molecule has 1 aromatic heterocycles. The van der Waals surface area contributed by atoms with Crippen LogP contribution in [0.1, 0.15) is 37.8 Å². The molecule has 1 saturated heterocycles. The van der Waals surface area contributed by atoms with E-state index in [1.807, 2.05) is 12.3 Å². The van der Waals surface area contributed by atoms with Crippen molar-refractivity contribution in [3.63, 3.8) is 0 Å². The summed E-state index contributed by atoms with van der Waals surface area (Å²) in [6.07, 6.45) is 5.77. The quantitative estimate of drug-likeness (QED) is 0.765. The Balaban J connectivity index is 2.24. The topological polar surface area (TPSA) is 16.1 Å². The molecule has 2 rings (SSSR count). The molecule has 0 spiro atoms. The molecule has 2 heterocycles. The van der Waals surface area contributed by atoms with Crippen LogP contribution in [-0.2, 0) is 0 Å². The van der Waals surface area contributed by atoms with Crippen molar-refractivity contribution in [3.05, 3.63) is 28.5 Å². The zero-order valence-corrected chi connectivity index (χ0v) is 10.7. The summed E-state index contributed by atoms with van der Waals surface area (Å²) in [6, 6.07) is 4.78. The van der Waals surface area contributed by atoms with Gasteiger partial charge >= 0.3 is 0 Å². The number of pyridine rings is 1. The predicted octanol–water partition coefficient (Wildman–Crippen LogP) is 3.39. The SMILES string of the molecule is CCN1CCCC[C@H]1c1cccnc1Br. The Morgan fingerprint density at radius 1 is 1.53 bits per heavy atom. The molecule has 0 amide bonds. The minimum absolute atomic E-state index is 0.562. The summed E-state index contributed by atoms with van der Waals surface area (Å²) in [4.78, 5) is 6.86. The third-order valence-electron chi connectivity index (χ3n) is 3.17. The van der Waals surface area contributed by atoms with Crippen molar-refractivity contribution < 1.29 is 0 Å². The third kappa shape index (κ3) is 2.40. The van der Waals surface area contributed by atoms with Crippen LogP contribution in [0, 0.1) is 0 Å². The lowest BCUT2D eigenvalue weighted by Crippen LogP contribution is -2.33. The van der Waals surface area contributed by atoms with Crippen LogP contribution in [0.15, 0.2) is 22.9 Å².